The smallest absolute Gasteiger partial charge is 0.163 e. The summed E-state index contributed by atoms with van der Waals surface area (Å²) in [6, 6.07) is 21.4. The quantitative estimate of drug-likeness (QED) is 0.514. The van der Waals surface area contributed by atoms with Crippen molar-refractivity contribution in [1.29, 1.82) is 0 Å². The van der Waals surface area contributed by atoms with Crippen molar-refractivity contribution >= 4 is 17.2 Å². The summed E-state index contributed by atoms with van der Waals surface area (Å²) in [5.41, 5.74) is 5.61. The highest BCUT2D eigenvalue weighted by Gasteiger charge is 2.37. The minimum Gasteiger partial charge on any atom is -0.497 e. The van der Waals surface area contributed by atoms with Gasteiger partial charge >= 0.3 is 0 Å². The fourth-order valence-electron chi connectivity index (χ4n) is 4.89. The standard InChI is InChI=1S/C28H28N2O4/c1-32-19-10-8-17(9-11-19)18-14-24-27(25(31)15-18)28(30-23-7-5-4-6-22(23)29-24)21-13-12-20(33-2)16-26(21)34-3/h4-13,16,18,28-30H,14-15H2,1-3H3/t18-,28-/m0/s1. The van der Waals surface area contributed by atoms with Crippen LogP contribution in [-0.2, 0) is 4.79 Å². The molecule has 1 aliphatic carbocycles. The van der Waals surface area contributed by atoms with Crippen LogP contribution in [0.5, 0.6) is 17.2 Å². The molecule has 0 radical (unpaired) electrons. The summed E-state index contributed by atoms with van der Waals surface area (Å²) in [5, 5.41) is 7.19. The number of allylic oxidation sites excluding steroid dienone is 1. The van der Waals surface area contributed by atoms with Gasteiger partial charge in [-0.2, -0.15) is 0 Å². The number of hydrogen-bond donors (Lipinski definition) is 2. The molecule has 174 valence electrons. The first-order valence-corrected chi connectivity index (χ1v) is 11.4. The summed E-state index contributed by atoms with van der Waals surface area (Å²) in [6.45, 7) is 0. The number of ether oxygens (including phenoxy) is 3. The molecule has 0 aromatic heterocycles. The van der Waals surface area contributed by atoms with Gasteiger partial charge < -0.3 is 24.8 Å². The number of methoxy groups -OCH3 is 3. The Kier molecular flexibility index (Phi) is 5.88. The topological polar surface area (TPSA) is 68.8 Å². The molecule has 2 aliphatic rings. The average Bonchev–Trinajstić information content (AvgIpc) is 3.05. The predicted molar refractivity (Wildman–Crippen MR) is 133 cm³/mol. The lowest BCUT2D eigenvalue weighted by molar-refractivity contribution is -0.116. The van der Waals surface area contributed by atoms with E-state index in [0.717, 1.165) is 45.9 Å². The molecule has 2 N–H and O–H groups in total. The number of Topliss-reactive ketones (excluding diaryl/α,β-unsaturated/α-hetero) is 1. The molecular weight excluding hydrogens is 428 g/mol. The molecule has 0 saturated heterocycles. The van der Waals surface area contributed by atoms with E-state index >= 15 is 0 Å². The fraction of sp³-hybridized carbons (Fsp3) is 0.250. The van der Waals surface area contributed by atoms with Gasteiger partial charge in [-0.25, -0.2) is 0 Å². The molecule has 6 heteroatoms. The fourth-order valence-corrected chi connectivity index (χ4v) is 4.89. The van der Waals surface area contributed by atoms with Crippen LogP contribution in [0.3, 0.4) is 0 Å². The van der Waals surface area contributed by atoms with Gasteiger partial charge in [0.25, 0.3) is 0 Å². The molecule has 1 heterocycles. The maximum absolute atomic E-state index is 13.7. The van der Waals surface area contributed by atoms with E-state index in [1.54, 1.807) is 21.3 Å². The highest BCUT2D eigenvalue weighted by Crippen LogP contribution is 2.46. The van der Waals surface area contributed by atoms with Crippen molar-refractivity contribution in [2.45, 2.75) is 24.8 Å². The largest absolute Gasteiger partial charge is 0.497 e. The number of para-hydroxylation sites is 2. The maximum Gasteiger partial charge on any atom is 0.163 e. The van der Waals surface area contributed by atoms with Crippen LogP contribution >= 0.6 is 0 Å². The van der Waals surface area contributed by atoms with E-state index in [1.807, 2.05) is 54.6 Å². The third kappa shape index (κ3) is 3.96. The van der Waals surface area contributed by atoms with Gasteiger partial charge in [0.1, 0.15) is 17.2 Å². The lowest BCUT2D eigenvalue weighted by Crippen LogP contribution is -2.27. The molecule has 0 fully saturated rings. The number of rotatable bonds is 5. The molecule has 0 spiro atoms. The Morgan fingerprint density at radius 2 is 1.50 bits per heavy atom. The van der Waals surface area contributed by atoms with Crippen LogP contribution in [0, 0.1) is 0 Å². The van der Waals surface area contributed by atoms with E-state index in [2.05, 4.69) is 22.8 Å². The summed E-state index contributed by atoms with van der Waals surface area (Å²) in [5.74, 6) is 2.40. The number of carbonyl (C=O) groups is 1. The molecular formula is C28H28N2O4. The molecule has 0 amide bonds. The van der Waals surface area contributed by atoms with Gasteiger partial charge in [-0.3, -0.25) is 4.79 Å². The summed E-state index contributed by atoms with van der Waals surface area (Å²) in [7, 11) is 4.92. The van der Waals surface area contributed by atoms with Crippen LogP contribution in [0.2, 0.25) is 0 Å². The van der Waals surface area contributed by atoms with E-state index in [9.17, 15) is 4.79 Å². The van der Waals surface area contributed by atoms with E-state index < -0.39 is 0 Å². The highest BCUT2D eigenvalue weighted by molar-refractivity contribution is 6.01. The number of fused-ring (bicyclic) bond motifs is 1. The third-order valence-electron chi connectivity index (χ3n) is 6.65. The second-order valence-corrected chi connectivity index (χ2v) is 8.55. The average molecular weight is 457 g/mol. The monoisotopic (exact) mass is 456 g/mol. The summed E-state index contributed by atoms with van der Waals surface area (Å²) >= 11 is 0. The Morgan fingerprint density at radius 1 is 0.794 bits per heavy atom. The molecule has 1 aliphatic heterocycles. The van der Waals surface area contributed by atoms with Gasteiger partial charge in [-0.1, -0.05) is 24.3 Å². The number of benzene rings is 3. The van der Waals surface area contributed by atoms with Gasteiger partial charge in [0.05, 0.1) is 38.7 Å². The Balaban J connectivity index is 1.60. The number of carbonyl (C=O) groups excluding carboxylic acids is 1. The number of anilines is 2. The molecule has 3 aromatic carbocycles. The zero-order valence-electron chi connectivity index (χ0n) is 19.6. The normalized spacial score (nSPS) is 19.2. The van der Waals surface area contributed by atoms with Gasteiger partial charge in [-0.15, -0.1) is 0 Å². The van der Waals surface area contributed by atoms with Crippen molar-refractivity contribution < 1.29 is 19.0 Å². The van der Waals surface area contributed by atoms with Crippen molar-refractivity contribution in [3.05, 3.63) is 89.1 Å². The van der Waals surface area contributed by atoms with Crippen LogP contribution < -0.4 is 24.8 Å². The predicted octanol–water partition coefficient (Wildman–Crippen LogP) is 5.69. The molecule has 2 atom stereocenters. The van der Waals surface area contributed by atoms with Crippen molar-refractivity contribution in [3.8, 4) is 17.2 Å². The van der Waals surface area contributed by atoms with Gasteiger partial charge in [0.15, 0.2) is 5.78 Å². The van der Waals surface area contributed by atoms with Crippen molar-refractivity contribution in [2.24, 2.45) is 0 Å². The first-order chi connectivity index (χ1) is 16.6. The van der Waals surface area contributed by atoms with Crippen LogP contribution in [0.1, 0.15) is 35.9 Å². The van der Waals surface area contributed by atoms with Crippen LogP contribution in [0.25, 0.3) is 0 Å². The van der Waals surface area contributed by atoms with Crippen molar-refractivity contribution in [3.63, 3.8) is 0 Å². The van der Waals surface area contributed by atoms with Crippen LogP contribution in [-0.4, -0.2) is 27.1 Å². The zero-order valence-corrected chi connectivity index (χ0v) is 19.6. The molecule has 0 saturated carbocycles. The van der Waals surface area contributed by atoms with Gasteiger partial charge in [-0.05, 0) is 54.3 Å². The Bertz CT molecular complexity index is 1250. The lowest BCUT2D eigenvalue weighted by Gasteiger charge is -2.30. The lowest BCUT2D eigenvalue weighted by atomic mass is 9.78. The maximum atomic E-state index is 13.7. The molecule has 5 rings (SSSR count). The molecule has 0 bridgehead atoms. The molecule has 6 nitrogen and oxygen atoms in total. The summed E-state index contributed by atoms with van der Waals surface area (Å²) in [6.07, 6.45) is 1.18. The zero-order chi connectivity index (χ0) is 23.7. The summed E-state index contributed by atoms with van der Waals surface area (Å²) < 4.78 is 16.4. The second-order valence-electron chi connectivity index (χ2n) is 8.55. The number of hydrogen-bond acceptors (Lipinski definition) is 6. The molecule has 0 unspecified atom stereocenters. The first kappa shape index (κ1) is 21.9. The van der Waals surface area contributed by atoms with Crippen LogP contribution in [0.15, 0.2) is 78.0 Å². The Morgan fingerprint density at radius 3 is 2.21 bits per heavy atom. The van der Waals surface area contributed by atoms with E-state index in [0.29, 0.717) is 17.9 Å². The van der Waals surface area contributed by atoms with E-state index in [1.165, 1.54) is 0 Å². The molecule has 34 heavy (non-hydrogen) atoms. The van der Waals surface area contributed by atoms with Gasteiger partial charge in [0, 0.05) is 29.3 Å². The van der Waals surface area contributed by atoms with E-state index in [4.69, 9.17) is 14.2 Å². The van der Waals surface area contributed by atoms with Crippen molar-refractivity contribution in [2.75, 3.05) is 32.0 Å². The first-order valence-electron chi connectivity index (χ1n) is 11.4. The van der Waals surface area contributed by atoms with E-state index in [-0.39, 0.29) is 17.7 Å². The van der Waals surface area contributed by atoms with Crippen molar-refractivity contribution in [1.82, 2.24) is 0 Å². The minimum atomic E-state index is -0.351. The highest BCUT2D eigenvalue weighted by atomic mass is 16.5. The van der Waals surface area contributed by atoms with Crippen LogP contribution in [0.4, 0.5) is 11.4 Å². The minimum absolute atomic E-state index is 0.0910. The number of ketones is 1. The SMILES string of the molecule is COc1ccc([C@@H]2CC(=O)C3=C(C2)Nc2ccccc2N[C@H]3c2ccc(OC)cc2OC)cc1. The Hall–Kier alpha value is -3.93. The molecule has 3 aromatic rings. The second kappa shape index (κ2) is 9.14. The summed E-state index contributed by atoms with van der Waals surface area (Å²) in [4.78, 5) is 13.7. The Labute approximate surface area is 199 Å². The number of nitrogens with one attached hydrogen (secondary N) is 2. The third-order valence-corrected chi connectivity index (χ3v) is 6.65. The van der Waals surface area contributed by atoms with Gasteiger partial charge in [0.2, 0.25) is 0 Å².